The maximum Gasteiger partial charge on any atom is 0.0658 e. The van der Waals surface area contributed by atoms with Crippen LogP contribution in [0.15, 0.2) is 0 Å². The highest BCUT2D eigenvalue weighted by Gasteiger charge is 2.18. The molecule has 1 aliphatic rings. The molecule has 1 rings (SSSR count). The predicted octanol–water partition coefficient (Wildman–Crippen LogP) is 2.54. The van der Waals surface area contributed by atoms with Crippen LogP contribution in [0.1, 0.15) is 32.1 Å². The Morgan fingerprint density at radius 3 is 2.40 bits per heavy atom. The van der Waals surface area contributed by atoms with Crippen LogP contribution in [0.2, 0.25) is 0 Å². The van der Waals surface area contributed by atoms with E-state index in [9.17, 15) is 0 Å². The van der Waals surface area contributed by atoms with E-state index in [1.54, 1.807) is 0 Å². The number of nitriles is 1. The third-order valence-electron chi connectivity index (χ3n) is 2.38. The maximum absolute atomic E-state index is 8.57. The van der Waals surface area contributed by atoms with E-state index in [2.05, 4.69) is 13.0 Å². The lowest BCUT2D eigenvalue weighted by Gasteiger charge is -2.22. The Balaban J connectivity index is 2.33. The molecule has 1 nitrogen and oxygen atoms in total. The number of hydrogen-bond acceptors (Lipinski definition) is 1. The normalized spacial score (nSPS) is 23.6. The van der Waals surface area contributed by atoms with Crippen molar-refractivity contribution < 1.29 is 0 Å². The van der Waals surface area contributed by atoms with Gasteiger partial charge in [0.15, 0.2) is 0 Å². The minimum atomic E-state index is 0.0419. The van der Waals surface area contributed by atoms with Gasteiger partial charge in [-0.05, 0) is 25.7 Å². The Bertz CT molecular complexity index is 128. The van der Waals surface area contributed by atoms with Crippen molar-refractivity contribution in [1.29, 1.82) is 5.26 Å². The molecule has 0 heterocycles. The largest absolute Gasteiger partial charge is 0.198 e. The summed E-state index contributed by atoms with van der Waals surface area (Å²) in [5.41, 5.74) is 0. The molecule has 0 aromatic heterocycles. The zero-order chi connectivity index (χ0) is 7.40. The summed E-state index contributed by atoms with van der Waals surface area (Å²) < 4.78 is 0. The van der Waals surface area contributed by atoms with Crippen LogP contribution in [0, 0.1) is 30.1 Å². The molecule has 1 unspecified atom stereocenters. The van der Waals surface area contributed by atoms with Gasteiger partial charge in [-0.3, -0.25) is 0 Å². The topological polar surface area (TPSA) is 23.8 Å². The number of rotatable bonds is 1. The molecule has 1 fully saturated rings. The van der Waals surface area contributed by atoms with Gasteiger partial charge in [0.1, 0.15) is 0 Å². The van der Waals surface area contributed by atoms with Gasteiger partial charge in [0.05, 0.1) is 6.07 Å². The van der Waals surface area contributed by atoms with Gasteiger partial charge >= 0.3 is 0 Å². The van der Waals surface area contributed by atoms with Crippen LogP contribution in [0.4, 0.5) is 0 Å². The lowest BCUT2D eigenvalue weighted by atomic mass is 9.82. The van der Waals surface area contributed by atoms with Crippen molar-refractivity contribution in [3.05, 3.63) is 6.92 Å². The molecule has 10 heavy (non-hydrogen) atoms. The highest BCUT2D eigenvalue weighted by atomic mass is 14.3. The molecule has 0 amide bonds. The minimum Gasteiger partial charge on any atom is -0.198 e. The van der Waals surface area contributed by atoms with Gasteiger partial charge in [0, 0.05) is 5.92 Å². The van der Waals surface area contributed by atoms with Gasteiger partial charge in [-0.25, -0.2) is 0 Å². The van der Waals surface area contributed by atoms with Gasteiger partial charge in [0.2, 0.25) is 0 Å². The van der Waals surface area contributed by atoms with Crippen molar-refractivity contribution in [2.45, 2.75) is 32.1 Å². The Labute approximate surface area is 63.0 Å². The molecule has 1 heteroatoms. The van der Waals surface area contributed by atoms with Crippen LogP contribution < -0.4 is 0 Å². The van der Waals surface area contributed by atoms with Crippen LogP contribution >= 0.6 is 0 Å². The maximum atomic E-state index is 8.57. The van der Waals surface area contributed by atoms with Gasteiger partial charge in [-0.1, -0.05) is 19.3 Å². The van der Waals surface area contributed by atoms with Crippen molar-refractivity contribution in [3.8, 4) is 6.07 Å². The van der Waals surface area contributed by atoms with Crippen molar-refractivity contribution in [2.75, 3.05) is 0 Å². The first-order chi connectivity index (χ1) is 4.84. The summed E-state index contributed by atoms with van der Waals surface area (Å²) >= 11 is 0. The highest BCUT2D eigenvalue weighted by molar-refractivity contribution is 4.90. The summed E-state index contributed by atoms with van der Waals surface area (Å²) in [6.07, 6.45) is 6.41. The fourth-order valence-electron chi connectivity index (χ4n) is 1.64. The van der Waals surface area contributed by atoms with E-state index in [1.165, 1.54) is 32.1 Å². The fraction of sp³-hybridized carbons (Fsp3) is 0.778. The molecule has 0 aromatic carbocycles. The van der Waals surface area contributed by atoms with Crippen molar-refractivity contribution in [2.24, 2.45) is 11.8 Å². The Morgan fingerprint density at radius 1 is 1.30 bits per heavy atom. The SMILES string of the molecule is [CH2]C(C#N)C1CCCCC1. The van der Waals surface area contributed by atoms with Gasteiger partial charge in [-0.2, -0.15) is 5.26 Å². The Morgan fingerprint density at radius 2 is 1.90 bits per heavy atom. The van der Waals surface area contributed by atoms with Crippen LogP contribution in [-0.4, -0.2) is 0 Å². The third kappa shape index (κ3) is 1.73. The Hall–Kier alpha value is -0.510. The molecule has 1 radical (unpaired) electrons. The van der Waals surface area contributed by atoms with E-state index in [4.69, 9.17) is 5.26 Å². The third-order valence-corrected chi connectivity index (χ3v) is 2.38. The standard InChI is InChI=1S/C9H14N/c1-8(7-10)9-5-3-2-4-6-9/h8-9H,1-6H2. The summed E-state index contributed by atoms with van der Waals surface area (Å²) in [6.45, 7) is 3.82. The second-order valence-electron chi connectivity index (χ2n) is 3.13. The first-order valence-corrected chi connectivity index (χ1v) is 4.07. The van der Waals surface area contributed by atoms with E-state index in [1.807, 2.05) is 0 Å². The quantitative estimate of drug-likeness (QED) is 0.543. The molecule has 55 valence electrons. The highest BCUT2D eigenvalue weighted by Crippen LogP contribution is 2.28. The van der Waals surface area contributed by atoms with Gasteiger partial charge in [-0.15, -0.1) is 0 Å². The number of hydrogen-bond donors (Lipinski definition) is 0. The zero-order valence-corrected chi connectivity index (χ0v) is 6.34. The first kappa shape index (κ1) is 7.60. The molecular formula is C9H14N. The summed E-state index contributed by atoms with van der Waals surface area (Å²) in [5, 5.41) is 8.57. The molecule has 0 aromatic rings. The monoisotopic (exact) mass is 136 g/mol. The average molecular weight is 136 g/mol. The molecule has 1 saturated carbocycles. The summed E-state index contributed by atoms with van der Waals surface area (Å²) in [6, 6.07) is 2.22. The molecule has 0 bridgehead atoms. The van der Waals surface area contributed by atoms with Crippen molar-refractivity contribution in [1.82, 2.24) is 0 Å². The molecule has 0 aliphatic heterocycles. The predicted molar refractivity (Wildman–Crippen MR) is 41.0 cm³/mol. The molecule has 0 N–H and O–H groups in total. The smallest absolute Gasteiger partial charge is 0.0658 e. The molecular weight excluding hydrogens is 122 g/mol. The lowest BCUT2D eigenvalue weighted by Crippen LogP contribution is -2.13. The van der Waals surface area contributed by atoms with Gasteiger partial charge in [0.25, 0.3) is 0 Å². The second kappa shape index (κ2) is 3.61. The van der Waals surface area contributed by atoms with E-state index in [0.717, 1.165) is 0 Å². The minimum absolute atomic E-state index is 0.0419. The van der Waals surface area contributed by atoms with E-state index in [0.29, 0.717) is 5.92 Å². The van der Waals surface area contributed by atoms with Crippen LogP contribution in [0.3, 0.4) is 0 Å². The van der Waals surface area contributed by atoms with Crippen molar-refractivity contribution >= 4 is 0 Å². The van der Waals surface area contributed by atoms with Crippen LogP contribution in [-0.2, 0) is 0 Å². The summed E-state index contributed by atoms with van der Waals surface area (Å²) in [4.78, 5) is 0. The molecule has 0 saturated heterocycles. The van der Waals surface area contributed by atoms with E-state index < -0.39 is 0 Å². The number of nitrogens with zero attached hydrogens (tertiary/aromatic N) is 1. The second-order valence-corrected chi connectivity index (χ2v) is 3.13. The summed E-state index contributed by atoms with van der Waals surface area (Å²) in [7, 11) is 0. The van der Waals surface area contributed by atoms with E-state index >= 15 is 0 Å². The van der Waals surface area contributed by atoms with Crippen LogP contribution in [0.5, 0.6) is 0 Å². The molecule has 1 aliphatic carbocycles. The summed E-state index contributed by atoms with van der Waals surface area (Å²) in [5.74, 6) is 0.638. The van der Waals surface area contributed by atoms with Crippen LogP contribution in [0.25, 0.3) is 0 Å². The van der Waals surface area contributed by atoms with Crippen molar-refractivity contribution in [3.63, 3.8) is 0 Å². The molecule has 1 atom stereocenters. The average Bonchev–Trinajstić information content (AvgIpc) is 2.05. The lowest BCUT2D eigenvalue weighted by molar-refractivity contribution is 0.321. The zero-order valence-electron chi connectivity index (χ0n) is 6.34. The molecule has 0 spiro atoms. The van der Waals surface area contributed by atoms with Gasteiger partial charge < -0.3 is 0 Å². The first-order valence-electron chi connectivity index (χ1n) is 4.07. The fourth-order valence-corrected chi connectivity index (χ4v) is 1.64. The Kier molecular flexibility index (Phi) is 2.74. The van der Waals surface area contributed by atoms with E-state index in [-0.39, 0.29) is 5.92 Å².